The molecule has 1 heterocycles. The summed E-state index contributed by atoms with van der Waals surface area (Å²) in [6, 6.07) is 10.2. The zero-order valence-electron chi connectivity index (χ0n) is 26.7. The second kappa shape index (κ2) is 17.2. The molecule has 2 aromatic rings. The Bertz CT molecular complexity index is 1500. The number of carbonyl (C=O) groups is 5. The van der Waals surface area contributed by atoms with E-state index in [2.05, 4.69) is 16.0 Å². The number of benzene rings is 2. The second-order valence-corrected chi connectivity index (χ2v) is 11.4. The van der Waals surface area contributed by atoms with Crippen LogP contribution in [0.1, 0.15) is 39.2 Å². The van der Waals surface area contributed by atoms with E-state index in [1.165, 1.54) is 17.0 Å². The van der Waals surface area contributed by atoms with Gasteiger partial charge in [-0.3, -0.25) is 29.3 Å². The molecule has 4 amide bonds. The first-order valence-corrected chi connectivity index (χ1v) is 14.9. The van der Waals surface area contributed by atoms with Crippen molar-refractivity contribution >= 4 is 35.3 Å². The lowest BCUT2D eigenvalue weighted by atomic mass is 9.98. The molecule has 14 nitrogen and oxygen atoms in total. The third kappa shape index (κ3) is 11.0. The minimum Gasteiger partial charge on any atom is -0.475 e. The number of nitrogens with two attached hydrogens (primary N) is 1. The fourth-order valence-corrected chi connectivity index (χ4v) is 4.81. The number of rotatable bonds is 12. The van der Waals surface area contributed by atoms with Gasteiger partial charge in [-0.25, -0.2) is 4.79 Å². The van der Waals surface area contributed by atoms with E-state index < -0.39 is 53.1 Å². The van der Waals surface area contributed by atoms with Crippen LogP contribution >= 0.6 is 0 Å². The fourth-order valence-electron chi connectivity index (χ4n) is 4.81. The predicted octanol–water partition coefficient (Wildman–Crippen LogP) is 2.15. The quantitative estimate of drug-likeness (QED) is 0.164. The fraction of sp³-hybridized carbons (Fsp3) is 0.452. The number of aliphatic carboxylic acids is 1. The van der Waals surface area contributed by atoms with Crippen LogP contribution in [0.2, 0.25) is 0 Å². The monoisotopic (exact) mass is 680 g/mol. The van der Waals surface area contributed by atoms with Crippen LogP contribution in [-0.2, 0) is 30.4 Å². The first-order chi connectivity index (χ1) is 22.4. The lowest BCUT2D eigenvalue weighted by molar-refractivity contribution is -0.384. The van der Waals surface area contributed by atoms with Crippen LogP contribution in [0.25, 0.3) is 11.1 Å². The number of alkyl halides is 3. The van der Waals surface area contributed by atoms with Gasteiger partial charge in [0.2, 0.25) is 23.6 Å². The van der Waals surface area contributed by atoms with Crippen molar-refractivity contribution in [3.05, 3.63) is 64.2 Å². The SMILES string of the molecule is CN[C@@H](C)C(=O)N[C@H](C(=O)N1CCC[C@H]1C(=O)N[C@@H](Cc1cccc(-c2cccc([N+](=O)[O-])c2)c1)C(N)=O)C(C)C.O=C(O)C(F)(F)F. The van der Waals surface area contributed by atoms with Crippen LogP contribution < -0.4 is 21.7 Å². The van der Waals surface area contributed by atoms with Crippen LogP contribution in [0.15, 0.2) is 48.5 Å². The van der Waals surface area contributed by atoms with Crippen molar-refractivity contribution < 1.29 is 47.2 Å². The number of nitro groups is 1. The Labute approximate surface area is 274 Å². The number of hydrogen-bond donors (Lipinski definition) is 5. The highest BCUT2D eigenvalue weighted by Crippen LogP contribution is 2.25. The molecule has 4 atom stereocenters. The van der Waals surface area contributed by atoms with Gasteiger partial charge in [0.25, 0.3) is 5.69 Å². The molecule has 48 heavy (non-hydrogen) atoms. The van der Waals surface area contributed by atoms with Crippen molar-refractivity contribution in [3.63, 3.8) is 0 Å². The van der Waals surface area contributed by atoms with E-state index in [0.29, 0.717) is 36.1 Å². The average Bonchev–Trinajstić information content (AvgIpc) is 3.52. The topological polar surface area (TPSA) is 214 Å². The van der Waals surface area contributed by atoms with Crippen molar-refractivity contribution in [2.75, 3.05) is 13.6 Å². The first kappa shape index (κ1) is 39.1. The van der Waals surface area contributed by atoms with Gasteiger partial charge in [0.1, 0.15) is 18.1 Å². The number of nitrogens with zero attached hydrogens (tertiary/aromatic N) is 2. The summed E-state index contributed by atoms with van der Waals surface area (Å²) < 4.78 is 31.7. The molecule has 2 aromatic carbocycles. The second-order valence-electron chi connectivity index (χ2n) is 11.4. The molecule has 1 aliphatic heterocycles. The number of carboxylic acids is 1. The maximum absolute atomic E-state index is 13.5. The molecule has 0 aliphatic carbocycles. The molecule has 0 radical (unpaired) electrons. The zero-order chi connectivity index (χ0) is 36.3. The Morgan fingerprint density at radius 1 is 1.04 bits per heavy atom. The molecule has 0 bridgehead atoms. The number of nitrogens with one attached hydrogen (secondary N) is 3. The molecule has 1 fully saturated rings. The van der Waals surface area contributed by atoms with E-state index in [1.54, 1.807) is 50.4 Å². The Hall–Kier alpha value is -5.06. The number of primary amides is 1. The molecular weight excluding hydrogens is 641 g/mol. The third-order valence-electron chi connectivity index (χ3n) is 7.55. The standard InChI is InChI=1S/C29H38N6O6.C2HF3O2/c1-17(2)25(33-27(37)18(3)31-4)29(39)34-13-7-12-24(34)28(38)32-23(26(30)36)15-19-8-5-9-20(14-19)21-10-6-11-22(16-21)35(40)41;3-2(4,5)1(6)7/h5-6,8-11,14,16-18,23-25,31H,7,12-13,15H2,1-4H3,(H2,30,36)(H,32,38)(H,33,37);(H,6,7)/t18-,23-,24-,25-;/m0./s1. The highest BCUT2D eigenvalue weighted by atomic mass is 19.4. The molecule has 1 aliphatic rings. The molecule has 6 N–H and O–H groups in total. The van der Waals surface area contributed by atoms with Crippen LogP contribution in [0.3, 0.4) is 0 Å². The van der Waals surface area contributed by atoms with Gasteiger partial charge in [0, 0.05) is 25.1 Å². The highest BCUT2D eigenvalue weighted by Gasteiger charge is 2.40. The Balaban J connectivity index is 0.00000103. The van der Waals surface area contributed by atoms with Gasteiger partial charge in [-0.2, -0.15) is 13.2 Å². The normalized spacial score (nSPS) is 16.2. The molecule has 0 spiro atoms. The largest absolute Gasteiger partial charge is 0.490 e. The van der Waals surface area contributed by atoms with Gasteiger partial charge in [0.15, 0.2) is 0 Å². The minimum absolute atomic E-state index is 0.0401. The Kier molecular flexibility index (Phi) is 14.0. The number of hydrogen-bond acceptors (Lipinski definition) is 8. The van der Waals surface area contributed by atoms with E-state index in [0.717, 1.165) is 0 Å². The highest BCUT2D eigenvalue weighted by molar-refractivity contribution is 5.95. The number of likely N-dealkylation sites (tertiary alicyclic amines) is 1. The summed E-state index contributed by atoms with van der Waals surface area (Å²) >= 11 is 0. The van der Waals surface area contributed by atoms with E-state index in [9.17, 15) is 42.5 Å². The smallest absolute Gasteiger partial charge is 0.475 e. The maximum atomic E-state index is 13.5. The molecular formula is C31H39F3N6O8. The van der Waals surface area contributed by atoms with Crippen molar-refractivity contribution in [1.82, 2.24) is 20.9 Å². The van der Waals surface area contributed by atoms with Gasteiger partial charge >= 0.3 is 12.1 Å². The number of carbonyl (C=O) groups excluding carboxylic acids is 4. The number of carboxylic acid groups (broad SMARTS) is 1. The number of likely N-dealkylation sites (N-methyl/N-ethyl adjacent to an activating group) is 1. The van der Waals surface area contributed by atoms with Gasteiger partial charge in [-0.15, -0.1) is 0 Å². The number of amides is 4. The molecule has 262 valence electrons. The lowest BCUT2D eigenvalue weighted by Crippen LogP contribution is -2.58. The van der Waals surface area contributed by atoms with E-state index in [4.69, 9.17) is 15.6 Å². The summed E-state index contributed by atoms with van der Waals surface area (Å²) in [6.45, 7) is 5.68. The van der Waals surface area contributed by atoms with Crippen molar-refractivity contribution in [1.29, 1.82) is 0 Å². The summed E-state index contributed by atoms with van der Waals surface area (Å²) in [5.74, 6) is -4.87. The van der Waals surface area contributed by atoms with Crippen LogP contribution in [0, 0.1) is 16.0 Å². The average molecular weight is 681 g/mol. The van der Waals surface area contributed by atoms with Gasteiger partial charge in [0.05, 0.1) is 11.0 Å². The van der Waals surface area contributed by atoms with Crippen molar-refractivity contribution in [2.45, 2.75) is 70.4 Å². The van der Waals surface area contributed by atoms with Gasteiger partial charge in [-0.1, -0.05) is 50.2 Å². The molecule has 0 saturated carbocycles. The van der Waals surface area contributed by atoms with E-state index >= 15 is 0 Å². The van der Waals surface area contributed by atoms with E-state index in [-0.39, 0.29) is 29.8 Å². The van der Waals surface area contributed by atoms with Gasteiger partial charge in [-0.05, 0) is 49.4 Å². The summed E-state index contributed by atoms with van der Waals surface area (Å²) in [7, 11) is 1.65. The first-order valence-electron chi connectivity index (χ1n) is 14.9. The predicted molar refractivity (Wildman–Crippen MR) is 167 cm³/mol. The van der Waals surface area contributed by atoms with E-state index in [1.807, 2.05) is 13.8 Å². The molecule has 1 saturated heterocycles. The Morgan fingerprint density at radius 3 is 2.15 bits per heavy atom. The van der Waals surface area contributed by atoms with Gasteiger partial charge < -0.3 is 31.7 Å². The molecule has 0 unspecified atom stereocenters. The molecule has 3 rings (SSSR count). The molecule has 17 heteroatoms. The Morgan fingerprint density at radius 2 is 1.62 bits per heavy atom. The minimum atomic E-state index is -5.08. The van der Waals surface area contributed by atoms with Crippen molar-refractivity contribution in [2.24, 2.45) is 11.7 Å². The summed E-state index contributed by atoms with van der Waals surface area (Å²) in [5, 5.41) is 26.6. The van der Waals surface area contributed by atoms with Crippen LogP contribution in [-0.4, -0.2) is 88.5 Å². The van der Waals surface area contributed by atoms with Crippen LogP contribution in [0.4, 0.5) is 18.9 Å². The lowest BCUT2D eigenvalue weighted by Gasteiger charge is -2.31. The third-order valence-corrected chi connectivity index (χ3v) is 7.55. The van der Waals surface area contributed by atoms with Crippen LogP contribution in [0.5, 0.6) is 0 Å². The maximum Gasteiger partial charge on any atom is 0.490 e. The molecule has 0 aromatic heterocycles. The summed E-state index contributed by atoms with van der Waals surface area (Å²) in [5.41, 5.74) is 7.65. The number of nitro benzene ring substituents is 1. The number of non-ortho nitro benzene ring substituents is 1. The summed E-state index contributed by atoms with van der Waals surface area (Å²) in [6.07, 6.45) is -3.98. The summed E-state index contributed by atoms with van der Waals surface area (Å²) in [4.78, 5) is 72.7. The van der Waals surface area contributed by atoms with Crippen molar-refractivity contribution in [3.8, 4) is 11.1 Å². The zero-order valence-corrected chi connectivity index (χ0v) is 26.7. The number of halogens is 3.